The highest BCUT2D eigenvalue weighted by Gasteiger charge is 2.40. The van der Waals surface area contributed by atoms with Crippen molar-refractivity contribution >= 4 is 11.8 Å². The van der Waals surface area contributed by atoms with Crippen LogP contribution in [-0.4, -0.2) is 53.9 Å². The van der Waals surface area contributed by atoms with Gasteiger partial charge in [-0.25, -0.2) is 4.39 Å². The Morgan fingerprint density at radius 3 is 2.55 bits per heavy atom. The van der Waals surface area contributed by atoms with Gasteiger partial charge >= 0.3 is 0 Å². The van der Waals surface area contributed by atoms with Crippen molar-refractivity contribution in [2.45, 2.75) is 19.4 Å². The van der Waals surface area contributed by atoms with Gasteiger partial charge in [-0.15, -0.1) is 0 Å². The summed E-state index contributed by atoms with van der Waals surface area (Å²) in [5.74, 6) is 0.166. The highest BCUT2D eigenvalue weighted by atomic mass is 19.1. The van der Waals surface area contributed by atoms with E-state index in [4.69, 9.17) is 4.74 Å². The van der Waals surface area contributed by atoms with Crippen LogP contribution in [0.2, 0.25) is 0 Å². The maximum absolute atomic E-state index is 12.8. The van der Waals surface area contributed by atoms with E-state index in [9.17, 15) is 14.0 Å². The molecular weight excluding hydrogens is 287 g/mol. The molecule has 6 heteroatoms. The summed E-state index contributed by atoms with van der Waals surface area (Å²) in [7, 11) is 0. The molecule has 0 unspecified atom stereocenters. The van der Waals surface area contributed by atoms with Gasteiger partial charge in [0.05, 0.1) is 19.0 Å². The maximum atomic E-state index is 12.8. The van der Waals surface area contributed by atoms with Crippen LogP contribution < -0.4 is 4.74 Å². The lowest BCUT2D eigenvalue weighted by Crippen LogP contribution is -2.57. The molecule has 2 heterocycles. The maximum Gasteiger partial charge on any atom is 0.228 e. The summed E-state index contributed by atoms with van der Waals surface area (Å²) in [5, 5.41) is 0. The molecule has 0 aliphatic carbocycles. The number of likely N-dealkylation sites (tertiary alicyclic amines) is 2. The van der Waals surface area contributed by atoms with Crippen LogP contribution in [0.5, 0.6) is 5.75 Å². The van der Waals surface area contributed by atoms with E-state index in [0.717, 1.165) is 0 Å². The van der Waals surface area contributed by atoms with Crippen LogP contribution in [0.15, 0.2) is 24.3 Å². The lowest BCUT2D eigenvalue weighted by atomic mass is 10.0. The molecule has 0 N–H and O–H groups in total. The van der Waals surface area contributed by atoms with Gasteiger partial charge in [0.2, 0.25) is 11.8 Å². The minimum Gasteiger partial charge on any atom is -0.487 e. The number of nitrogens with zero attached hydrogens (tertiary/aromatic N) is 2. The van der Waals surface area contributed by atoms with Crippen LogP contribution in [0.1, 0.15) is 13.3 Å². The highest BCUT2D eigenvalue weighted by Crippen LogP contribution is 2.24. The summed E-state index contributed by atoms with van der Waals surface area (Å²) < 4.78 is 18.5. The molecule has 0 spiro atoms. The number of carbonyl (C=O) groups excluding carboxylic acids is 2. The molecule has 2 aliphatic heterocycles. The average Bonchev–Trinajstić information content (AvgIpc) is 2.85. The van der Waals surface area contributed by atoms with Gasteiger partial charge in [0, 0.05) is 19.5 Å². The third-order valence-corrected chi connectivity index (χ3v) is 4.22. The van der Waals surface area contributed by atoms with Gasteiger partial charge in [-0.1, -0.05) is 0 Å². The van der Waals surface area contributed by atoms with Crippen LogP contribution >= 0.6 is 0 Å². The van der Waals surface area contributed by atoms with Crippen molar-refractivity contribution in [3.8, 4) is 5.75 Å². The Bertz CT molecular complexity index is 569. The van der Waals surface area contributed by atoms with Crippen molar-refractivity contribution in [1.82, 2.24) is 9.80 Å². The largest absolute Gasteiger partial charge is 0.487 e. The first-order valence-electron chi connectivity index (χ1n) is 7.55. The Kier molecular flexibility index (Phi) is 4.00. The van der Waals surface area contributed by atoms with Crippen LogP contribution in [-0.2, 0) is 9.59 Å². The smallest absolute Gasteiger partial charge is 0.228 e. The minimum atomic E-state index is -0.302. The van der Waals surface area contributed by atoms with E-state index in [1.54, 1.807) is 21.9 Å². The first kappa shape index (κ1) is 14.8. The Morgan fingerprint density at radius 2 is 1.95 bits per heavy atom. The quantitative estimate of drug-likeness (QED) is 0.842. The standard InChI is InChI=1S/C16H19FN2O3/c1-2-18-8-11(7-15(18)20)16(21)19-9-14(10-19)22-13-5-3-12(17)4-6-13/h3-6,11,14H,2,7-10H2,1H3/t11-/m1/s1. The van der Waals surface area contributed by atoms with E-state index >= 15 is 0 Å². The van der Waals surface area contributed by atoms with E-state index < -0.39 is 0 Å². The van der Waals surface area contributed by atoms with Crippen LogP contribution in [0.25, 0.3) is 0 Å². The van der Waals surface area contributed by atoms with Crippen LogP contribution in [0, 0.1) is 11.7 Å². The zero-order chi connectivity index (χ0) is 15.7. The van der Waals surface area contributed by atoms with Crippen molar-refractivity contribution in [2.75, 3.05) is 26.2 Å². The zero-order valence-electron chi connectivity index (χ0n) is 12.5. The molecule has 22 heavy (non-hydrogen) atoms. The van der Waals surface area contributed by atoms with E-state index in [-0.39, 0.29) is 29.7 Å². The van der Waals surface area contributed by atoms with Gasteiger partial charge in [-0.3, -0.25) is 9.59 Å². The van der Waals surface area contributed by atoms with Crippen molar-refractivity contribution in [2.24, 2.45) is 5.92 Å². The normalized spacial score (nSPS) is 21.9. The van der Waals surface area contributed by atoms with E-state index in [0.29, 0.717) is 38.3 Å². The SMILES string of the molecule is CCN1C[C@H](C(=O)N2CC(Oc3ccc(F)cc3)C2)CC1=O. The molecule has 2 amide bonds. The number of halogens is 1. The predicted octanol–water partition coefficient (Wildman–Crippen LogP) is 1.28. The number of hydrogen-bond acceptors (Lipinski definition) is 3. The second-order valence-electron chi connectivity index (χ2n) is 5.77. The predicted molar refractivity (Wildman–Crippen MR) is 77.8 cm³/mol. The molecule has 1 aromatic rings. The number of rotatable bonds is 4. The monoisotopic (exact) mass is 306 g/mol. The fraction of sp³-hybridized carbons (Fsp3) is 0.500. The first-order chi connectivity index (χ1) is 10.6. The Balaban J connectivity index is 1.48. The topological polar surface area (TPSA) is 49.9 Å². The average molecular weight is 306 g/mol. The highest BCUT2D eigenvalue weighted by molar-refractivity contribution is 5.89. The van der Waals surface area contributed by atoms with Gasteiger partial charge in [-0.2, -0.15) is 0 Å². The van der Waals surface area contributed by atoms with Gasteiger partial charge in [0.15, 0.2) is 0 Å². The van der Waals surface area contributed by atoms with Gasteiger partial charge < -0.3 is 14.5 Å². The van der Waals surface area contributed by atoms with Crippen LogP contribution in [0.3, 0.4) is 0 Å². The summed E-state index contributed by atoms with van der Waals surface area (Å²) in [6.07, 6.45) is 0.251. The third-order valence-electron chi connectivity index (χ3n) is 4.22. The molecule has 118 valence electrons. The Morgan fingerprint density at radius 1 is 1.27 bits per heavy atom. The molecule has 2 fully saturated rings. The molecular formula is C16H19FN2O3. The molecule has 2 aliphatic rings. The lowest BCUT2D eigenvalue weighted by Gasteiger charge is -2.40. The molecule has 2 saturated heterocycles. The number of carbonyl (C=O) groups is 2. The van der Waals surface area contributed by atoms with Gasteiger partial charge in [-0.05, 0) is 31.2 Å². The number of ether oxygens (including phenoxy) is 1. The van der Waals surface area contributed by atoms with E-state index in [1.165, 1.54) is 12.1 Å². The molecule has 3 rings (SSSR count). The van der Waals surface area contributed by atoms with Crippen molar-refractivity contribution in [3.05, 3.63) is 30.1 Å². The van der Waals surface area contributed by atoms with E-state index in [1.807, 2.05) is 6.92 Å². The van der Waals surface area contributed by atoms with Crippen molar-refractivity contribution < 1.29 is 18.7 Å². The Hall–Kier alpha value is -2.11. The summed E-state index contributed by atoms with van der Waals surface area (Å²) >= 11 is 0. The minimum absolute atomic E-state index is 0.0308. The second-order valence-corrected chi connectivity index (χ2v) is 5.77. The summed E-state index contributed by atoms with van der Waals surface area (Å²) in [6.45, 7) is 4.13. The fourth-order valence-electron chi connectivity index (χ4n) is 2.90. The molecule has 5 nitrogen and oxygen atoms in total. The summed E-state index contributed by atoms with van der Waals surface area (Å²) in [5.41, 5.74) is 0. The molecule has 0 radical (unpaired) electrons. The molecule has 1 aromatic carbocycles. The zero-order valence-corrected chi connectivity index (χ0v) is 12.5. The molecule has 0 aromatic heterocycles. The second kappa shape index (κ2) is 5.94. The van der Waals surface area contributed by atoms with Crippen LogP contribution in [0.4, 0.5) is 4.39 Å². The van der Waals surface area contributed by atoms with Gasteiger partial charge in [0.25, 0.3) is 0 Å². The Labute approximate surface area is 128 Å². The third kappa shape index (κ3) is 2.91. The summed E-state index contributed by atoms with van der Waals surface area (Å²) in [4.78, 5) is 27.4. The van der Waals surface area contributed by atoms with Crippen molar-refractivity contribution in [3.63, 3.8) is 0 Å². The van der Waals surface area contributed by atoms with E-state index in [2.05, 4.69) is 0 Å². The first-order valence-corrected chi connectivity index (χ1v) is 7.55. The molecule has 0 bridgehead atoms. The number of benzene rings is 1. The van der Waals surface area contributed by atoms with Gasteiger partial charge in [0.1, 0.15) is 17.7 Å². The molecule has 1 atom stereocenters. The molecule has 0 saturated carbocycles. The number of amides is 2. The summed E-state index contributed by atoms with van der Waals surface area (Å²) in [6, 6.07) is 5.85. The fourth-order valence-corrected chi connectivity index (χ4v) is 2.90. The lowest BCUT2D eigenvalue weighted by molar-refractivity contribution is -0.144. The van der Waals surface area contributed by atoms with Crippen molar-refractivity contribution in [1.29, 1.82) is 0 Å². The number of hydrogen-bond donors (Lipinski definition) is 0.